The number of hydrogen-bond donors (Lipinski definition) is 5. The second kappa shape index (κ2) is 6.51. The predicted octanol–water partition coefficient (Wildman–Crippen LogP) is -3.84. The van der Waals surface area contributed by atoms with Gasteiger partial charge in [0.1, 0.15) is 24.9 Å². The molecule has 0 aliphatic rings. The Hall–Kier alpha value is -1.06. The summed E-state index contributed by atoms with van der Waals surface area (Å²) in [7, 11) is 0.944. The number of carbonyl (C=O) groups excluding carboxylic acids is 2. The second-order valence-electron chi connectivity index (χ2n) is 3.02. The van der Waals surface area contributed by atoms with Gasteiger partial charge in [-0.1, -0.05) is 0 Å². The number of methoxy groups -OCH3 is 1. The van der Waals surface area contributed by atoms with Crippen LogP contribution in [-0.2, 0) is 14.3 Å². The van der Waals surface area contributed by atoms with E-state index in [1.165, 1.54) is 0 Å². The van der Waals surface area contributed by atoms with Gasteiger partial charge in [0, 0.05) is 0 Å². The number of aliphatic hydroxyl groups is 5. The summed E-state index contributed by atoms with van der Waals surface area (Å²) in [5, 5.41) is 45.0. The quantitative estimate of drug-likeness (QED) is 0.296. The fourth-order valence-electron chi connectivity index (χ4n) is 0.918. The number of hydrogen-bond acceptors (Lipinski definition) is 8. The molecule has 0 amide bonds. The van der Waals surface area contributed by atoms with Gasteiger partial charge < -0.3 is 30.3 Å². The van der Waals surface area contributed by atoms with E-state index in [2.05, 4.69) is 4.74 Å². The maximum Gasteiger partial charge on any atom is 0.337 e. The highest BCUT2D eigenvalue weighted by Gasteiger charge is 2.37. The molecule has 0 aromatic carbocycles. The molecular formula is C8H14O8. The Labute approximate surface area is 90.7 Å². The van der Waals surface area contributed by atoms with Crippen LogP contribution >= 0.6 is 0 Å². The first-order chi connectivity index (χ1) is 7.36. The Morgan fingerprint density at radius 1 is 1.06 bits per heavy atom. The third-order valence-electron chi connectivity index (χ3n) is 1.93. The van der Waals surface area contributed by atoms with Crippen molar-refractivity contribution in [2.24, 2.45) is 0 Å². The first-order valence-corrected chi connectivity index (χ1v) is 4.30. The van der Waals surface area contributed by atoms with Crippen molar-refractivity contribution in [2.45, 2.75) is 24.4 Å². The Balaban J connectivity index is 4.54. The van der Waals surface area contributed by atoms with Gasteiger partial charge in [-0.05, 0) is 0 Å². The summed E-state index contributed by atoms with van der Waals surface area (Å²) in [4.78, 5) is 21.5. The molecule has 0 saturated heterocycles. The standard InChI is InChI=1S/C8H14O8/c1-16-8(15)7(14)6(13)5(12)4(11)3(10)2-9/h4-7,9,11-14H,2H2,1H3/t4-,5-,6+,7-/m1/s1. The van der Waals surface area contributed by atoms with Crippen LogP contribution in [0.5, 0.6) is 0 Å². The van der Waals surface area contributed by atoms with E-state index in [1.54, 1.807) is 0 Å². The molecule has 8 heteroatoms. The van der Waals surface area contributed by atoms with Crippen LogP contribution in [0.4, 0.5) is 0 Å². The molecule has 0 unspecified atom stereocenters. The Bertz CT molecular complexity index is 226. The molecule has 5 N–H and O–H groups in total. The van der Waals surface area contributed by atoms with Crippen LogP contribution in [0.3, 0.4) is 0 Å². The van der Waals surface area contributed by atoms with Crippen molar-refractivity contribution in [1.82, 2.24) is 0 Å². The Kier molecular flexibility index (Phi) is 6.08. The zero-order valence-corrected chi connectivity index (χ0v) is 8.48. The summed E-state index contributed by atoms with van der Waals surface area (Å²) in [6.07, 6.45) is -8.40. The molecule has 0 aromatic heterocycles. The molecule has 0 fully saturated rings. The highest BCUT2D eigenvalue weighted by atomic mass is 16.5. The number of esters is 1. The topological polar surface area (TPSA) is 145 Å². The largest absolute Gasteiger partial charge is 0.467 e. The molecule has 0 radical (unpaired) electrons. The fraction of sp³-hybridized carbons (Fsp3) is 0.750. The van der Waals surface area contributed by atoms with Gasteiger partial charge in [0.25, 0.3) is 0 Å². The molecule has 0 aliphatic heterocycles. The lowest BCUT2D eigenvalue weighted by Gasteiger charge is -2.23. The van der Waals surface area contributed by atoms with E-state index in [0.29, 0.717) is 0 Å². The molecular weight excluding hydrogens is 224 g/mol. The van der Waals surface area contributed by atoms with Gasteiger partial charge in [0.2, 0.25) is 0 Å². The maximum atomic E-state index is 10.8. The molecule has 0 saturated carbocycles. The molecule has 0 rings (SSSR count). The van der Waals surface area contributed by atoms with Crippen molar-refractivity contribution in [1.29, 1.82) is 0 Å². The Morgan fingerprint density at radius 3 is 1.88 bits per heavy atom. The average molecular weight is 238 g/mol. The van der Waals surface area contributed by atoms with Crippen LogP contribution in [-0.4, -0.2) is 75.4 Å². The van der Waals surface area contributed by atoms with Gasteiger partial charge in [0.05, 0.1) is 7.11 Å². The summed E-state index contributed by atoms with van der Waals surface area (Å²) in [6, 6.07) is 0. The fourth-order valence-corrected chi connectivity index (χ4v) is 0.918. The minimum Gasteiger partial charge on any atom is -0.467 e. The van der Waals surface area contributed by atoms with Gasteiger partial charge >= 0.3 is 5.97 Å². The minimum atomic E-state index is -2.10. The first kappa shape index (κ1) is 14.9. The summed E-state index contributed by atoms with van der Waals surface area (Å²) in [6.45, 7) is -1.04. The zero-order valence-electron chi connectivity index (χ0n) is 8.48. The number of ketones is 1. The van der Waals surface area contributed by atoms with E-state index in [-0.39, 0.29) is 0 Å². The normalized spacial score (nSPS) is 18.4. The third kappa shape index (κ3) is 3.51. The molecule has 0 aliphatic carbocycles. The van der Waals surface area contributed by atoms with Crippen molar-refractivity contribution in [2.75, 3.05) is 13.7 Å². The number of ether oxygens (including phenoxy) is 1. The highest BCUT2D eigenvalue weighted by molar-refractivity contribution is 5.84. The first-order valence-electron chi connectivity index (χ1n) is 4.30. The summed E-state index contributed by atoms with van der Waals surface area (Å²) in [5.74, 6) is -2.38. The predicted molar refractivity (Wildman–Crippen MR) is 48.1 cm³/mol. The lowest BCUT2D eigenvalue weighted by Crippen LogP contribution is -2.50. The van der Waals surface area contributed by atoms with Crippen LogP contribution in [0.1, 0.15) is 0 Å². The molecule has 4 atom stereocenters. The van der Waals surface area contributed by atoms with E-state index in [9.17, 15) is 19.8 Å². The van der Waals surface area contributed by atoms with Gasteiger partial charge in [-0.15, -0.1) is 0 Å². The van der Waals surface area contributed by atoms with E-state index < -0.39 is 42.8 Å². The molecule has 0 bridgehead atoms. The zero-order chi connectivity index (χ0) is 12.9. The number of aliphatic hydroxyl groups excluding tert-OH is 5. The SMILES string of the molecule is COC(=O)[C@H](O)[C@@H](O)[C@H](O)[C@H](O)C(=O)CO. The van der Waals surface area contributed by atoms with E-state index >= 15 is 0 Å². The van der Waals surface area contributed by atoms with Gasteiger partial charge in [0.15, 0.2) is 11.9 Å². The number of carbonyl (C=O) groups is 2. The molecule has 0 heterocycles. The van der Waals surface area contributed by atoms with Crippen molar-refractivity contribution in [3.05, 3.63) is 0 Å². The van der Waals surface area contributed by atoms with Crippen LogP contribution < -0.4 is 0 Å². The second-order valence-corrected chi connectivity index (χ2v) is 3.02. The monoisotopic (exact) mass is 238 g/mol. The van der Waals surface area contributed by atoms with E-state index in [1.807, 2.05) is 0 Å². The third-order valence-corrected chi connectivity index (χ3v) is 1.93. The molecule has 0 aromatic rings. The van der Waals surface area contributed by atoms with Gasteiger partial charge in [-0.2, -0.15) is 0 Å². The number of rotatable bonds is 6. The molecule has 0 spiro atoms. The van der Waals surface area contributed by atoms with Crippen LogP contribution in [0.25, 0.3) is 0 Å². The average Bonchev–Trinajstić information content (AvgIpc) is 2.32. The molecule has 16 heavy (non-hydrogen) atoms. The van der Waals surface area contributed by atoms with Crippen molar-refractivity contribution >= 4 is 11.8 Å². The maximum absolute atomic E-state index is 10.8. The van der Waals surface area contributed by atoms with Gasteiger partial charge in [-0.25, -0.2) is 4.79 Å². The summed E-state index contributed by atoms with van der Waals surface area (Å²) >= 11 is 0. The molecule has 8 nitrogen and oxygen atoms in total. The molecule has 94 valence electrons. The lowest BCUT2D eigenvalue weighted by atomic mass is 10.0. The summed E-state index contributed by atoms with van der Waals surface area (Å²) in [5.41, 5.74) is 0. The van der Waals surface area contributed by atoms with E-state index in [0.717, 1.165) is 7.11 Å². The van der Waals surface area contributed by atoms with Crippen LogP contribution in [0.15, 0.2) is 0 Å². The highest BCUT2D eigenvalue weighted by Crippen LogP contribution is 2.07. The van der Waals surface area contributed by atoms with Crippen molar-refractivity contribution in [3.63, 3.8) is 0 Å². The van der Waals surface area contributed by atoms with Crippen LogP contribution in [0, 0.1) is 0 Å². The van der Waals surface area contributed by atoms with E-state index in [4.69, 9.17) is 15.3 Å². The van der Waals surface area contributed by atoms with Gasteiger partial charge in [-0.3, -0.25) is 4.79 Å². The minimum absolute atomic E-state index is 0.944. The Morgan fingerprint density at radius 2 is 1.50 bits per heavy atom. The lowest BCUT2D eigenvalue weighted by molar-refractivity contribution is -0.169. The summed E-state index contributed by atoms with van der Waals surface area (Å²) < 4.78 is 4.07. The number of Topliss-reactive ketones (excluding diaryl/α,β-unsaturated/α-hetero) is 1. The van der Waals surface area contributed by atoms with Crippen molar-refractivity contribution < 1.29 is 39.9 Å². The smallest absolute Gasteiger partial charge is 0.337 e. The van der Waals surface area contributed by atoms with Crippen molar-refractivity contribution in [3.8, 4) is 0 Å². The van der Waals surface area contributed by atoms with Crippen LogP contribution in [0.2, 0.25) is 0 Å².